The first-order valence-electron chi connectivity index (χ1n) is 7.91. The van der Waals surface area contributed by atoms with Gasteiger partial charge in [0.25, 0.3) is 0 Å². The summed E-state index contributed by atoms with van der Waals surface area (Å²) in [5, 5.41) is 9.91. The third-order valence-corrected chi connectivity index (χ3v) is 4.24. The van der Waals surface area contributed by atoms with Gasteiger partial charge in [0.1, 0.15) is 0 Å². The van der Waals surface area contributed by atoms with Gasteiger partial charge in [0.15, 0.2) is 10.2 Å². The van der Waals surface area contributed by atoms with Crippen LogP contribution in [-0.4, -0.2) is 42.0 Å². The second kappa shape index (κ2) is 9.95. The topological polar surface area (TPSA) is 78.9 Å². The normalized spacial score (nSPS) is 12.0. The standard InChI is InChI=1S/C17H21N5O2S2/c1-12(10-24-3)19-16(25)21-18-9-14-11-26-17(20-14)22(13(2)23)15-7-5-4-6-8-15/h4-9,11-12H,10H2,1-3H3,(H2,19,21,25)/b18-9-/t12-/m0/s1. The van der Waals surface area contributed by atoms with Gasteiger partial charge in [-0.3, -0.25) is 15.1 Å². The van der Waals surface area contributed by atoms with Crippen LogP contribution in [-0.2, 0) is 9.53 Å². The van der Waals surface area contributed by atoms with E-state index in [4.69, 9.17) is 17.0 Å². The zero-order valence-corrected chi connectivity index (χ0v) is 16.4. The van der Waals surface area contributed by atoms with E-state index in [-0.39, 0.29) is 11.9 Å². The maximum atomic E-state index is 12.0. The number of anilines is 2. The van der Waals surface area contributed by atoms with Gasteiger partial charge in [0.05, 0.1) is 24.2 Å². The van der Waals surface area contributed by atoms with Gasteiger partial charge in [-0.1, -0.05) is 18.2 Å². The van der Waals surface area contributed by atoms with Crippen molar-refractivity contribution in [2.24, 2.45) is 5.10 Å². The highest BCUT2D eigenvalue weighted by Crippen LogP contribution is 2.28. The molecule has 0 aliphatic carbocycles. The van der Waals surface area contributed by atoms with E-state index in [2.05, 4.69) is 20.8 Å². The molecule has 1 heterocycles. The van der Waals surface area contributed by atoms with Crippen LogP contribution in [0.1, 0.15) is 19.5 Å². The maximum absolute atomic E-state index is 12.0. The molecule has 0 spiro atoms. The highest BCUT2D eigenvalue weighted by Gasteiger charge is 2.17. The molecule has 0 aliphatic rings. The van der Waals surface area contributed by atoms with Crippen molar-refractivity contribution in [3.05, 3.63) is 41.4 Å². The number of benzene rings is 1. The number of carbonyl (C=O) groups excluding carboxylic acids is 1. The van der Waals surface area contributed by atoms with Crippen molar-refractivity contribution >= 4 is 51.6 Å². The fourth-order valence-electron chi connectivity index (χ4n) is 2.15. The minimum Gasteiger partial charge on any atom is -0.383 e. The highest BCUT2D eigenvalue weighted by atomic mass is 32.1. The largest absolute Gasteiger partial charge is 0.383 e. The summed E-state index contributed by atoms with van der Waals surface area (Å²) in [5.41, 5.74) is 4.14. The van der Waals surface area contributed by atoms with Gasteiger partial charge >= 0.3 is 0 Å². The predicted molar refractivity (Wildman–Crippen MR) is 109 cm³/mol. The summed E-state index contributed by atoms with van der Waals surface area (Å²) in [6.45, 7) is 4.00. The number of hydrazone groups is 1. The van der Waals surface area contributed by atoms with Crippen LogP contribution < -0.4 is 15.6 Å². The van der Waals surface area contributed by atoms with E-state index >= 15 is 0 Å². The molecule has 138 valence electrons. The molecular weight excluding hydrogens is 370 g/mol. The average Bonchev–Trinajstić information content (AvgIpc) is 3.04. The number of para-hydroxylation sites is 1. The van der Waals surface area contributed by atoms with Gasteiger partial charge in [-0.05, 0) is 31.3 Å². The fourth-order valence-corrected chi connectivity index (χ4v) is 3.24. The van der Waals surface area contributed by atoms with Crippen LogP contribution in [0.15, 0.2) is 40.8 Å². The molecule has 26 heavy (non-hydrogen) atoms. The zero-order valence-electron chi connectivity index (χ0n) is 14.8. The van der Waals surface area contributed by atoms with Gasteiger partial charge in [0.2, 0.25) is 5.91 Å². The van der Waals surface area contributed by atoms with Gasteiger partial charge in [-0.2, -0.15) is 5.10 Å². The molecule has 1 aromatic carbocycles. The molecule has 1 atom stereocenters. The Hall–Kier alpha value is -2.36. The molecule has 1 amide bonds. The summed E-state index contributed by atoms with van der Waals surface area (Å²) >= 11 is 6.51. The summed E-state index contributed by atoms with van der Waals surface area (Å²) in [6.07, 6.45) is 1.55. The number of aromatic nitrogens is 1. The lowest BCUT2D eigenvalue weighted by Crippen LogP contribution is -2.40. The molecule has 9 heteroatoms. The smallest absolute Gasteiger partial charge is 0.230 e. The summed E-state index contributed by atoms with van der Waals surface area (Å²) in [4.78, 5) is 18.0. The molecule has 2 rings (SSSR count). The van der Waals surface area contributed by atoms with E-state index in [1.165, 1.54) is 18.3 Å². The Bertz CT molecular complexity index is 764. The lowest BCUT2D eigenvalue weighted by atomic mass is 10.3. The van der Waals surface area contributed by atoms with Crippen molar-refractivity contribution in [1.82, 2.24) is 15.7 Å². The van der Waals surface area contributed by atoms with Crippen molar-refractivity contribution in [2.45, 2.75) is 19.9 Å². The van der Waals surface area contributed by atoms with Crippen LogP contribution in [0.5, 0.6) is 0 Å². The van der Waals surface area contributed by atoms with E-state index < -0.39 is 0 Å². The van der Waals surface area contributed by atoms with Gasteiger partial charge in [-0.15, -0.1) is 11.3 Å². The first-order valence-corrected chi connectivity index (χ1v) is 9.20. The Morgan fingerprint density at radius 2 is 2.19 bits per heavy atom. The highest BCUT2D eigenvalue weighted by molar-refractivity contribution is 7.80. The third kappa shape index (κ3) is 5.87. The molecule has 7 nitrogen and oxygen atoms in total. The summed E-state index contributed by atoms with van der Waals surface area (Å²) in [6, 6.07) is 9.47. The van der Waals surface area contributed by atoms with E-state index in [1.54, 1.807) is 18.2 Å². The second-order valence-corrected chi connectivity index (χ2v) is 6.69. The Morgan fingerprint density at radius 3 is 2.85 bits per heavy atom. The van der Waals surface area contributed by atoms with E-state index in [9.17, 15) is 4.79 Å². The summed E-state index contributed by atoms with van der Waals surface area (Å²) < 4.78 is 5.03. The molecule has 0 bridgehead atoms. The molecule has 0 saturated heterocycles. The number of ether oxygens (including phenoxy) is 1. The van der Waals surface area contributed by atoms with Crippen molar-refractivity contribution in [2.75, 3.05) is 18.6 Å². The molecule has 0 radical (unpaired) electrons. The van der Waals surface area contributed by atoms with Crippen LogP contribution in [0.25, 0.3) is 0 Å². The van der Waals surface area contributed by atoms with Crippen LogP contribution in [0.3, 0.4) is 0 Å². The molecule has 0 aliphatic heterocycles. The number of nitrogens with zero attached hydrogens (tertiary/aromatic N) is 3. The Balaban J connectivity index is 2.00. The Labute approximate surface area is 162 Å². The monoisotopic (exact) mass is 391 g/mol. The molecule has 0 fully saturated rings. The van der Waals surface area contributed by atoms with Crippen LogP contribution >= 0.6 is 23.6 Å². The molecule has 0 saturated carbocycles. The average molecular weight is 392 g/mol. The Morgan fingerprint density at radius 1 is 1.46 bits per heavy atom. The summed E-state index contributed by atoms with van der Waals surface area (Å²) in [5.74, 6) is -0.107. The van der Waals surface area contributed by atoms with E-state index in [0.717, 1.165) is 5.69 Å². The van der Waals surface area contributed by atoms with Crippen LogP contribution in [0, 0.1) is 0 Å². The quantitative estimate of drug-likeness (QED) is 0.429. The number of thiocarbonyl (C=S) groups is 1. The van der Waals surface area contributed by atoms with E-state index in [0.29, 0.717) is 22.5 Å². The first-order chi connectivity index (χ1) is 12.5. The minimum atomic E-state index is -0.107. The maximum Gasteiger partial charge on any atom is 0.230 e. The molecule has 0 unspecified atom stereocenters. The number of rotatable bonds is 7. The first kappa shape index (κ1) is 20.0. The Kier molecular flexibility index (Phi) is 7.64. The zero-order chi connectivity index (χ0) is 18.9. The fraction of sp³-hybridized carbons (Fsp3) is 0.294. The second-order valence-electron chi connectivity index (χ2n) is 5.44. The van der Waals surface area contributed by atoms with Gasteiger partial charge < -0.3 is 10.1 Å². The van der Waals surface area contributed by atoms with Crippen LogP contribution in [0.4, 0.5) is 10.8 Å². The predicted octanol–water partition coefficient (Wildman–Crippen LogP) is 2.66. The lowest BCUT2D eigenvalue weighted by molar-refractivity contribution is -0.115. The summed E-state index contributed by atoms with van der Waals surface area (Å²) in [7, 11) is 1.63. The van der Waals surface area contributed by atoms with Crippen molar-refractivity contribution < 1.29 is 9.53 Å². The number of nitrogens with one attached hydrogen (secondary N) is 2. The lowest BCUT2D eigenvalue weighted by Gasteiger charge is -2.17. The molecule has 1 aromatic heterocycles. The SMILES string of the molecule is COC[C@H](C)NC(=S)N/N=C\c1csc(N(C(C)=O)c2ccccc2)n1. The van der Waals surface area contributed by atoms with Crippen molar-refractivity contribution in [1.29, 1.82) is 0 Å². The van der Waals surface area contributed by atoms with Gasteiger partial charge in [-0.25, -0.2) is 4.98 Å². The number of hydrogen-bond acceptors (Lipinski definition) is 6. The number of methoxy groups -OCH3 is 1. The van der Waals surface area contributed by atoms with E-state index in [1.807, 2.05) is 42.6 Å². The molecular formula is C17H21N5O2S2. The molecule has 2 N–H and O–H groups in total. The number of amides is 1. The number of hydrogen-bond donors (Lipinski definition) is 2. The number of carbonyl (C=O) groups is 1. The van der Waals surface area contributed by atoms with Crippen LogP contribution in [0.2, 0.25) is 0 Å². The van der Waals surface area contributed by atoms with Gasteiger partial charge in [0, 0.05) is 25.5 Å². The van der Waals surface area contributed by atoms with Crippen molar-refractivity contribution in [3.63, 3.8) is 0 Å². The minimum absolute atomic E-state index is 0.0797. The third-order valence-electron chi connectivity index (χ3n) is 3.19. The van der Waals surface area contributed by atoms with Crippen molar-refractivity contribution in [3.8, 4) is 0 Å². The number of thiazole rings is 1. The molecule has 2 aromatic rings.